The largest absolute Gasteiger partial charge is 0.348 e. The molecule has 0 aromatic heterocycles. The van der Waals surface area contributed by atoms with Crippen LogP contribution >= 0.6 is 22.6 Å². The number of hydrogen-bond donors (Lipinski definition) is 1. The van der Waals surface area contributed by atoms with Crippen molar-refractivity contribution >= 4 is 28.5 Å². The molecule has 1 N–H and O–H groups in total. The lowest BCUT2D eigenvalue weighted by Crippen LogP contribution is -2.42. The number of carbonyl (C=O) groups is 1. The van der Waals surface area contributed by atoms with Gasteiger partial charge in [0.25, 0.3) is 5.91 Å². The number of rotatable bonds is 6. The van der Waals surface area contributed by atoms with Crippen LogP contribution in [0.3, 0.4) is 0 Å². The summed E-state index contributed by atoms with van der Waals surface area (Å²) in [6, 6.07) is 7.81. The van der Waals surface area contributed by atoms with E-state index in [1.807, 2.05) is 31.2 Å². The van der Waals surface area contributed by atoms with Gasteiger partial charge in [-0.3, -0.25) is 4.79 Å². The Bertz CT molecular complexity index is 391. The first kappa shape index (κ1) is 15.4. The van der Waals surface area contributed by atoms with E-state index in [1.165, 1.54) is 0 Å². The summed E-state index contributed by atoms with van der Waals surface area (Å²) in [5.74, 6) is 0.0136. The molecule has 1 unspecified atom stereocenters. The average molecular weight is 360 g/mol. The van der Waals surface area contributed by atoms with Crippen molar-refractivity contribution in [3.05, 3.63) is 33.4 Å². The predicted molar refractivity (Wildman–Crippen MR) is 83.9 cm³/mol. The Kier molecular flexibility index (Phi) is 6.63. The Morgan fingerprint density at radius 3 is 2.50 bits per heavy atom. The van der Waals surface area contributed by atoms with Gasteiger partial charge in [0.05, 0.1) is 5.56 Å². The van der Waals surface area contributed by atoms with Gasteiger partial charge in [-0.2, -0.15) is 0 Å². The maximum absolute atomic E-state index is 12.1. The van der Waals surface area contributed by atoms with Crippen LogP contribution in [0, 0.1) is 3.57 Å². The molecule has 100 valence electrons. The Morgan fingerprint density at radius 2 is 1.94 bits per heavy atom. The number of nitrogens with zero attached hydrogens (tertiary/aromatic N) is 1. The molecule has 0 aliphatic rings. The molecule has 0 aliphatic heterocycles. The minimum atomic E-state index is 0.0136. The highest BCUT2D eigenvalue weighted by molar-refractivity contribution is 14.1. The van der Waals surface area contributed by atoms with E-state index >= 15 is 0 Å². The zero-order valence-corrected chi connectivity index (χ0v) is 13.4. The van der Waals surface area contributed by atoms with E-state index in [2.05, 4.69) is 46.7 Å². The third-order valence-electron chi connectivity index (χ3n) is 2.92. The summed E-state index contributed by atoms with van der Waals surface area (Å²) in [7, 11) is 0. The second kappa shape index (κ2) is 7.74. The van der Waals surface area contributed by atoms with Gasteiger partial charge in [0.2, 0.25) is 0 Å². The first-order valence-corrected chi connectivity index (χ1v) is 7.44. The highest BCUT2D eigenvalue weighted by Crippen LogP contribution is 2.11. The maximum Gasteiger partial charge on any atom is 0.252 e. The minimum absolute atomic E-state index is 0.0136. The lowest BCUT2D eigenvalue weighted by atomic mass is 10.2. The van der Waals surface area contributed by atoms with Gasteiger partial charge in [0.15, 0.2) is 0 Å². The monoisotopic (exact) mass is 360 g/mol. The van der Waals surface area contributed by atoms with Crippen LogP contribution in [-0.4, -0.2) is 36.5 Å². The van der Waals surface area contributed by atoms with Crippen LogP contribution in [0.5, 0.6) is 0 Å². The van der Waals surface area contributed by atoms with Crippen LogP contribution in [0.4, 0.5) is 0 Å². The number of nitrogens with one attached hydrogen (secondary N) is 1. The van der Waals surface area contributed by atoms with E-state index in [-0.39, 0.29) is 11.9 Å². The van der Waals surface area contributed by atoms with Gasteiger partial charge in [0.1, 0.15) is 0 Å². The molecular weight excluding hydrogens is 339 g/mol. The number of amides is 1. The van der Waals surface area contributed by atoms with Crippen molar-refractivity contribution in [3.63, 3.8) is 0 Å². The third-order valence-corrected chi connectivity index (χ3v) is 3.86. The van der Waals surface area contributed by atoms with Crippen LogP contribution in [0.15, 0.2) is 24.3 Å². The van der Waals surface area contributed by atoms with Crippen molar-refractivity contribution in [3.8, 4) is 0 Å². The number of halogens is 1. The van der Waals surface area contributed by atoms with Crippen LogP contribution in [0.2, 0.25) is 0 Å². The summed E-state index contributed by atoms with van der Waals surface area (Å²) < 4.78 is 0.989. The predicted octanol–water partition coefficient (Wildman–Crippen LogP) is 2.75. The van der Waals surface area contributed by atoms with Crippen LogP contribution in [0.1, 0.15) is 31.1 Å². The highest BCUT2D eigenvalue weighted by atomic mass is 127. The van der Waals surface area contributed by atoms with Gasteiger partial charge in [-0.1, -0.05) is 26.0 Å². The zero-order chi connectivity index (χ0) is 13.5. The lowest BCUT2D eigenvalue weighted by Gasteiger charge is -2.23. The van der Waals surface area contributed by atoms with E-state index in [1.54, 1.807) is 0 Å². The molecule has 0 saturated carbocycles. The van der Waals surface area contributed by atoms with Crippen molar-refractivity contribution < 1.29 is 4.79 Å². The number of likely N-dealkylation sites (N-methyl/N-ethyl adjacent to an activating group) is 1. The Hall–Kier alpha value is -0.620. The molecule has 0 bridgehead atoms. The smallest absolute Gasteiger partial charge is 0.252 e. The molecule has 1 amide bonds. The fourth-order valence-electron chi connectivity index (χ4n) is 1.86. The van der Waals surface area contributed by atoms with Gasteiger partial charge < -0.3 is 10.2 Å². The Labute approximate surface area is 123 Å². The molecule has 1 rings (SSSR count). The molecule has 0 heterocycles. The molecule has 0 radical (unpaired) electrons. The van der Waals surface area contributed by atoms with Crippen molar-refractivity contribution in [1.29, 1.82) is 0 Å². The normalized spacial score (nSPS) is 12.5. The molecule has 1 atom stereocenters. The fourth-order valence-corrected chi connectivity index (χ4v) is 2.49. The number of benzene rings is 1. The van der Waals surface area contributed by atoms with E-state index in [0.29, 0.717) is 0 Å². The first-order valence-electron chi connectivity index (χ1n) is 6.36. The van der Waals surface area contributed by atoms with Crippen molar-refractivity contribution in [2.45, 2.75) is 26.8 Å². The molecular formula is C14H21IN2O. The molecule has 3 nitrogen and oxygen atoms in total. The van der Waals surface area contributed by atoms with Crippen LogP contribution in [0.25, 0.3) is 0 Å². The molecule has 4 heteroatoms. The number of hydrogen-bond acceptors (Lipinski definition) is 2. The molecule has 0 aliphatic carbocycles. The zero-order valence-electron chi connectivity index (χ0n) is 11.2. The van der Waals surface area contributed by atoms with Gasteiger partial charge in [-0.05, 0) is 54.7 Å². The van der Waals surface area contributed by atoms with E-state index in [9.17, 15) is 4.79 Å². The quantitative estimate of drug-likeness (QED) is 0.792. The average Bonchev–Trinajstić information content (AvgIpc) is 2.36. The fraction of sp³-hybridized carbons (Fsp3) is 0.500. The van der Waals surface area contributed by atoms with Gasteiger partial charge in [-0.25, -0.2) is 0 Å². The molecule has 1 aromatic rings. The van der Waals surface area contributed by atoms with Gasteiger partial charge >= 0.3 is 0 Å². The van der Waals surface area contributed by atoms with E-state index in [4.69, 9.17) is 0 Å². The Balaban J connectivity index is 2.57. The summed E-state index contributed by atoms with van der Waals surface area (Å²) in [5, 5.41) is 3.05. The first-order chi connectivity index (χ1) is 8.58. The summed E-state index contributed by atoms with van der Waals surface area (Å²) in [6.07, 6.45) is 0. The van der Waals surface area contributed by atoms with Crippen molar-refractivity contribution in [2.24, 2.45) is 0 Å². The Morgan fingerprint density at radius 1 is 1.33 bits per heavy atom. The third kappa shape index (κ3) is 4.57. The van der Waals surface area contributed by atoms with E-state index < -0.39 is 0 Å². The molecule has 0 spiro atoms. The number of carbonyl (C=O) groups excluding carboxylic acids is 1. The van der Waals surface area contributed by atoms with Crippen molar-refractivity contribution in [1.82, 2.24) is 10.2 Å². The molecule has 0 saturated heterocycles. The minimum Gasteiger partial charge on any atom is -0.348 e. The summed E-state index contributed by atoms with van der Waals surface area (Å²) in [4.78, 5) is 14.4. The maximum atomic E-state index is 12.1. The second-order valence-corrected chi connectivity index (χ2v) is 5.50. The standard InChI is InChI=1S/C14H21IN2O/c1-4-17(5-2)10-11(3)16-14(18)12-8-6-7-9-13(12)15/h6-9,11H,4-5,10H2,1-3H3,(H,16,18). The highest BCUT2D eigenvalue weighted by Gasteiger charge is 2.13. The van der Waals surface area contributed by atoms with Crippen molar-refractivity contribution in [2.75, 3.05) is 19.6 Å². The molecule has 0 fully saturated rings. The SMILES string of the molecule is CCN(CC)CC(C)NC(=O)c1ccccc1I. The molecule has 1 aromatic carbocycles. The van der Waals surface area contributed by atoms with Crippen LogP contribution < -0.4 is 5.32 Å². The van der Waals surface area contributed by atoms with E-state index in [0.717, 1.165) is 28.8 Å². The van der Waals surface area contributed by atoms with Crippen LogP contribution in [-0.2, 0) is 0 Å². The topological polar surface area (TPSA) is 32.3 Å². The van der Waals surface area contributed by atoms with Gasteiger partial charge in [0, 0.05) is 16.2 Å². The lowest BCUT2D eigenvalue weighted by molar-refractivity contribution is 0.0929. The second-order valence-electron chi connectivity index (χ2n) is 4.34. The summed E-state index contributed by atoms with van der Waals surface area (Å²) in [5.41, 5.74) is 0.754. The summed E-state index contributed by atoms with van der Waals surface area (Å²) >= 11 is 2.19. The molecule has 18 heavy (non-hydrogen) atoms. The van der Waals surface area contributed by atoms with Gasteiger partial charge in [-0.15, -0.1) is 0 Å². The summed E-state index contributed by atoms with van der Waals surface area (Å²) in [6.45, 7) is 9.24.